The van der Waals surface area contributed by atoms with Crippen LogP contribution in [-0.2, 0) is 0 Å². The molecular formula is C19H23FN4. The molecule has 1 aromatic heterocycles. The standard InChI is InChI=1S/C19H23FN4/c1-14-13-18(23-17-10-6-5-9-16(17)20)24-19(22-14)21-12-11-15-7-3-2-4-8-15/h5-7,9-10,13H,2-4,8,11-12H2,1H3,(H2,21,22,23,24). The molecule has 0 fully saturated rings. The van der Waals surface area contributed by atoms with E-state index in [-0.39, 0.29) is 5.82 Å². The monoisotopic (exact) mass is 326 g/mol. The number of hydrogen-bond donors (Lipinski definition) is 2. The van der Waals surface area contributed by atoms with Gasteiger partial charge in [0.05, 0.1) is 5.69 Å². The van der Waals surface area contributed by atoms with E-state index in [0.29, 0.717) is 17.5 Å². The molecule has 0 aliphatic heterocycles. The highest BCUT2D eigenvalue weighted by Crippen LogP contribution is 2.21. The number of nitrogens with one attached hydrogen (secondary N) is 2. The lowest BCUT2D eigenvalue weighted by Gasteiger charge is -2.13. The van der Waals surface area contributed by atoms with Crippen LogP contribution in [-0.4, -0.2) is 16.5 Å². The molecule has 0 bridgehead atoms. The number of anilines is 3. The largest absolute Gasteiger partial charge is 0.354 e. The first kappa shape index (κ1) is 16.4. The highest BCUT2D eigenvalue weighted by atomic mass is 19.1. The van der Waals surface area contributed by atoms with E-state index in [2.05, 4.69) is 26.7 Å². The number of hydrogen-bond acceptors (Lipinski definition) is 4. The van der Waals surface area contributed by atoms with E-state index in [4.69, 9.17) is 0 Å². The van der Waals surface area contributed by atoms with Crippen LogP contribution in [0.25, 0.3) is 0 Å². The van der Waals surface area contributed by atoms with Crippen molar-refractivity contribution < 1.29 is 4.39 Å². The van der Waals surface area contributed by atoms with Crippen LogP contribution in [0.2, 0.25) is 0 Å². The zero-order chi connectivity index (χ0) is 16.8. The molecule has 24 heavy (non-hydrogen) atoms. The smallest absolute Gasteiger partial charge is 0.224 e. The molecular weight excluding hydrogens is 303 g/mol. The minimum Gasteiger partial charge on any atom is -0.354 e. The first-order chi connectivity index (χ1) is 11.7. The average Bonchev–Trinajstić information content (AvgIpc) is 2.57. The first-order valence-electron chi connectivity index (χ1n) is 8.50. The molecule has 5 heteroatoms. The number of halogens is 1. The molecule has 1 heterocycles. The van der Waals surface area contributed by atoms with Crippen molar-refractivity contribution in [3.63, 3.8) is 0 Å². The van der Waals surface area contributed by atoms with E-state index in [1.807, 2.05) is 6.92 Å². The van der Waals surface area contributed by atoms with E-state index in [1.165, 1.54) is 37.3 Å². The lowest BCUT2D eigenvalue weighted by molar-refractivity contribution is 0.632. The Bertz CT molecular complexity index is 727. The van der Waals surface area contributed by atoms with E-state index in [0.717, 1.165) is 18.7 Å². The lowest BCUT2D eigenvalue weighted by Crippen LogP contribution is -2.09. The van der Waals surface area contributed by atoms with Crippen LogP contribution >= 0.6 is 0 Å². The van der Waals surface area contributed by atoms with Gasteiger partial charge in [-0.05, 0) is 51.2 Å². The van der Waals surface area contributed by atoms with Gasteiger partial charge in [-0.15, -0.1) is 0 Å². The molecule has 0 atom stereocenters. The van der Waals surface area contributed by atoms with Crippen LogP contribution < -0.4 is 10.6 Å². The molecule has 0 radical (unpaired) electrons. The molecule has 1 aliphatic rings. The van der Waals surface area contributed by atoms with Gasteiger partial charge in [0.1, 0.15) is 11.6 Å². The summed E-state index contributed by atoms with van der Waals surface area (Å²) in [6.45, 7) is 2.72. The average molecular weight is 326 g/mol. The fourth-order valence-corrected chi connectivity index (χ4v) is 2.88. The van der Waals surface area contributed by atoms with Gasteiger partial charge in [0, 0.05) is 18.3 Å². The molecule has 0 saturated carbocycles. The number of para-hydroxylation sites is 1. The molecule has 0 saturated heterocycles. The second-order valence-electron chi connectivity index (χ2n) is 6.11. The summed E-state index contributed by atoms with van der Waals surface area (Å²) in [5.74, 6) is 0.866. The maximum atomic E-state index is 13.8. The van der Waals surface area contributed by atoms with Crippen molar-refractivity contribution in [1.82, 2.24) is 9.97 Å². The Morgan fingerprint density at radius 1 is 1.17 bits per heavy atom. The maximum Gasteiger partial charge on any atom is 0.224 e. The van der Waals surface area contributed by atoms with Crippen molar-refractivity contribution in [3.05, 3.63) is 53.5 Å². The van der Waals surface area contributed by atoms with Crippen LogP contribution in [0.4, 0.5) is 21.8 Å². The third-order valence-corrected chi connectivity index (χ3v) is 4.11. The maximum absolute atomic E-state index is 13.8. The van der Waals surface area contributed by atoms with Crippen molar-refractivity contribution in [3.8, 4) is 0 Å². The normalized spacial score (nSPS) is 14.2. The lowest BCUT2D eigenvalue weighted by atomic mass is 9.97. The van der Waals surface area contributed by atoms with Gasteiger partial charge < -0.3 is 10.6 Å². The fourth-order valence-electron chi connectivity index (χ4n) is 2.88. The Labute approximate surface area is 142 Å². The SMILES string of the molecule is Cc1cc(Nc2ccccc2F)nc(NCCC2=CCCCC2)n1. The molecule has 2 aromatic rings. The summed E-state index contributed by atoms with van der Waals surface area (Å²) < 4.78 is 13.8. The zero-order valence-corrected chi connectivity index (χ0v) is 14.0. The number of allylic oxidation sites excluding steroid dienone is 1. The van der Waals surface area contributed by atoms with E-state index in [9.17, 15) is 4.39 Å². The summed E-state index contributed by atoms with van der Waals surface area (Å²) >= 11 is 0. The number of benzene rings is 1. The van der Waals surface area contributed by atoms with Crippen LogP contribution in [0.5, 0.6) is 0 Å². The van der Waals surface area contributed by atoms with E-state index >= 15 is 0 Å². The van der Waals surface area contributed by atoms with Gasteiger partial charge in [-0.2, -0.15) is 4.98 Å². The quantitative estimate of drug-likeness (QED) is 0.736. The van der Waals surface area contributed by atoms with Crippen LogP contribution in [0.3, 0.4) is 0 Å². The predicted molar refractivity (Wildman–Crippen MR) is 96.1 cm³/mol. The molecule has 1 aromatic carbocycles. The van der Waals surface area contributed by atoms with Gasteiger partial charge in [-0.25, -0.2) is 9.37 Å². The summed E-state index contributed by atoms with van der Waals surface area (Å²) in [5, 5.41) is 6.29. The van der Waals surface area contributed by atoms with Crippen molar-refractivity contribution >= 4 is 17.5 Å². The molecule has 0 unspecified atom stereocenters. The molecule has 0 amide bonds. The fraction of sp³-hybridized carbons (Fsp3) is 0.368. The summed E-state index contributed by atoms with van der Waals surface area (Å²) in [6.07, 6.45) is 8.39. The topological polar surface area (TPSA) is 49.8 Å². The summed E-state index contributed by atoms with van der Waals surface area (Å²) in [7, 11) is 0. The predicted octanol–water partition coefficient (Wildman–Crippen LogP) is 4.97. The summed E-state index contributed by atoms with van der Waals surface area (Å²) in [5.41, 5.74) is 2.77. The van der Waals surface area contributed by atoms with E-state index in [1.54, 1.807) is 24.3 Å². The van der Waals surface area contributed by atoms with Crippen LogP contribution in [0.1, 0.15) is 37.8 Å². The molecule has 4 nitrogen and oxygen atoms in total. The second-order valence-corrected chi connectivity index (χ2v) is 6.11. The molecule has 1 aliphatic carbocycles. The summed E-state index contributed by atoms with van der Waals surface area (Å²) in [4.78, 5) is 8.84. The Balaban J connectivity index is 1.63. The van der Waals surface area contributed by atoms with Crippen molar-refractivity contribution in [2.24, 2.45) is 0 Å². The number of aryl methyl sites for hydroxylation is 1. The minimum absolute atomic E-state index is 0.299. The minimum atomic E-state index is -0.299. The number of aromatic nitrogens is 2. The van der Waals surface area contributed by atoms with Gasteiger partial charge in [0.15, 0.2) is 0 Å². The van der Waals surface area contributed by atoms with Gasteiger partial charge in [0.2, 0.25) is 5.95 Å². The Kier molecular flexibility index (Phi) is 5.41. The molecule has 126 valence electrons. The molecule has 0 spiro atoms. The van der Waals surface area contributed by atoms with Gasteiger partial charge >= 0.3 is 0 Å². The Hall–Kier alpha value is -2.43. The summed E-state index contributed by atoms with van der Waals surface area (Å²) in [6, 6.07) is 8.37. The highest BCUT2D eigenvalue weighted by Gasteiger charge is 2.07. The van der Waals surface area contributed by atoms with Gasteiger partial charge in [-0.1, -0.05) is 23.8 Å². The third-order valence-electron chi connectivity index (χ3n) is 4.11. The van der Waals surface area contributed by atoms with Gasteiger partial charge in [-0.3, -0.25) is 0 Å². The Morgan fingerprint density at radius 2 is 2.04 bits per heavy atom. The molecule has 2 N–H and O–H groups in total. The second kappa shape index (κ2) is 7.90. The number of nitrogens with zero attached hydrogens (tertiary/aromatic N) is 2. The van der Waals surface area contributed by atoms with Gasteiger partial charge in [0.25, 0.3) is 0 Å². The van der Waals surface area contributed by atoms with Crippen LogP contribution in [0.15, 0.2) is 42.0 Å². The third kappa shape index (κ3) is 4.54. The highest BCUT2D eigenvalue weighted by molar-refractivity contribution is 5.58. The first-order valence-corrected chi connectivity index (χ1v) is 8.50. The van der Waals surface area contributed by atoms with Crippen molar-refractivity contribution in [2.75, 3.05) is 17.2 Å². The number of rotatable bonds is 6. The van der Waals surface area contributed by atoms with Crippen molar-refractivity contribution in [1.29, 1.82) is 0 Å². The Morgan fingerprint density at radius 3 is 2.83 bits per heavy atom. The van der Waals surface area contributed by atoms with E-state index < -0.39 is 0 Å². The van der Waals surface area contributed by atoms with Crippen LogP contribution in [0, 0.1) is 12.7 Å². The molecule has 3 rings (SSSR count). The zero-order valence-electron chi connectivity index (χ0n) is 14.0. The van der Waals surface area contributed by atoms with Crippen molar-refractivity contribution in [2.45, 2.75) is 39.0 Å².